The largest absolute Gasteiger partial charge is 0.447 e. The van der Waals surface area contributed by atoms with Crippen molar-refractivity contribution >= 4 is 5.90 Å². The Morgan fingerprint density at radius 3 is 2.27 bits per heavy atom. The van der Waals surface area contributed by atoms with Crippen molar-refractivity contribution in [3.8, 4) is 18.2 Å². The minimum atomic E-state index is -2.38. The first-order valence-corrected chi connectivity index (χ1v) is 8.99. The maximum atomic E-state index is 14.7. The van der Waals surface area contributed by atoms with Crippen LogP contribution in [0.5, 0.6) is 0 Å². The van der Waals surface area contributed by atoms with Gasteiger partial charge in [-0.25, -0.2) is 8.78 Å². The topological polar surface area (TPSA) is 114 Å². The lowest BCUT2D eigenvalue weighted by Crippen LogP contribution is -2.57. The maximum absolute atomic E-state index is 14.7. The highest BCUT2D eigenvalue weighted by molar-refractivity contribution is 5.90. The molecule has 0 spiro atoms. The van der Waals surface area contributed by atoms with Gasteiger partial charge < -0.3 is 9.47 Å². The second kappa shape index (κ2) is 6.35. The second-order valence-corrected chi connectivity index (χ2v) is 7.41. The van der Waals surface area contributed by atoms with Crippen molar-refractivity contribution in [1.82, 2.24) is 0 Å². The van der Waals surface area contributed by atoms with Gasteiger partial charge in [-0.05, 0) is 23.8 Å². The van der Waals surface area contributed by atoms with Crippen LogP contribution in [0.3, 0.4) is 0 Å². The molecule has 4 unspecified atom stereocenters. The number of nitrogens with zero attached hydrogens (tertiary/aromatic N) is 3. The molecule has 4 rings (SSSR count). The number of nitriles is 3. The first kappa shape index (κ1) is 19.5. The van der Waals surface area contributed by atoms with Gasteiger partial charge in [0.25, 0.3) is 0 Å². The number of ether oxygens (including phenoxy) is 2. The van der Waals surface area contributed by atoms with Crippen LogP contribution >= 0.6 is 0 Å². The lowest BCUT2D eigenvalue weighted by atomic mass is 9.52. The predicted molar refractivity (Wildman–Crippen MR) is 98.3 cm³/mol. The molecule has 0 amide bonds. The van der Waals surface area contributed by atoms with Crippen LogP contribution in [0.25, 0.3) is 0 Å². The summed E-state index contributed by atoms with van der Waals surface area (Å²) in [5.74, 6) is -5.03. The van der Waals surface area contributed by atoms with Crippen LogP contribution in [0.15, 0.2) is 48.5 Å². The first-order valence-electron chi connectivity index (χ1n) is 8.99. The third kappa shape index (κ3) is 2.19. The van der Waals surface area contributed by atoms with E-state index in [1.165, 1.54) is 6.92 Å². The highest BCUT2D eigenvalue weighted by Gasteiger charge is 2.79. The molecule has 2 fully saturated rings. The highest BCUT2D eigenvalue weighted by Crippen LogP contribution is 2.69. The number of hydrogen-bond acceptors (Lipinski definition) is 6. The van der Waals surface area contributed by atoms with Gasteiger partial charge in [0.2, 0.25) is 17.1 Å². The number of rotatable bonds is 2. The molecule has 0 aliphatic carbocycles. The summed E-state index contributed by atoms with van der Waals surface area (Å²) in [7, 11) is 0. The van der Waals surface area contributed by atoms with E-state index in [0.717, 1.165) is 18.2 Å². The molecule has 2 heterocycles. The van der Waals surface area contributed by atoms with E-state index in [1.54, 1.807) is 30.3 Å². The Morgan fingerprint density at radius 1 is 1.00 bits per heavy atom. The molecule has 2 saturated heterocycles. The minimum Gasteiger partial charge on any atom is -0.447 e. The van der Waals surface area contributed by atoms with E-state index >= 15 is 0 Å². The first-order chi connectivity index (χ1) is 14.3. The molecular weight excluding hydrogens is 390 g/mol. The van der Waals surface area contributed by atoms with Crippen molar-refractivity contribution in [2.45, 2.75) is 24.7 Å². The van der Waals surface area contributed by atoms with E-state index in [2.05, 4.69) is 0 Å². The summed E-state index contributed by atoms with van der Waals surface area (Å²) < 4.78 is 40.2. The minimum absolute atomic E-state index is 0.395. The maximum Gasteiger partial charge on any atom is 0.218 e. The molecule has 8 heteroatoms. The fraction of sp³-hybridized carbons (Fsp3) is 0.273. The molecule has 2 aromatic carbocycles. The SMILES string of the molecule is CC12OC(=N)C(C#N)(C1c1ccccc1)C(C#N)(C#N)C(c1cc(F)ccc1F)O2. The summed E-state index contributed by atoms with van der Waals surface area (Å²) in [6.45, 7) is 1.46. The Kier molecular flexibility index (Phi) is 4.13. The van der Waals surface area contributed by atoms with E-state index in [1.807, 2.05) is 18.2 Å². The Morgan fingerprint density at radius 2 is 1.67 bits per heavy atom. The van der Waals surface area contributed by atoms with Gasteiger partial charge in [0.05, 0.1) is 24.1 Å². The molecule has 0 radical (unpaired) electrons. The zero-order chi connectivity index (χ0) is 21.7. The molecule has 4 atom stereocenters. The van der Waals surface area contributed by atoms with Gasteiger partial charge in [0, 0.05) is 12.5 Å². The molecule has 2 aliphatic heterocycles. The van der Waals surface area contributed by atoms with E-state index in [0.29, 0.717) is 5.56 Å². The summed E-state index contributed by atoms with van der Waals surface area (Å²) in [4.78, 5) is 0. The van der Waals surface area contributed by atoms with Crippen LogP contribution in [0, 0.1) is 61.9 Å². The third-order valence-corrected chi connectivity index (χ3v) is 5.89. The molecular formula is C22H14F2N4O2. The fourth-order valence-corrected chi connectivity index (χ4v) is 4.63. The van der Waals surface area contributed by atoms with Crippen LogP contribution in [0.1, 0.15) is 30.1 Å². The third-order valence-electron chi connectivity index (χ3n) is 5.89. The summed E-state index contributed by atoms with van der Waals surface area (Å²) in [5, 5.41) is 39.0. The van der Waals surface area contributed by atoms with Crippen molar-refractivity contribution in [2.24, 2.45) is 10.8 Å². The normalized spacial score (nSPS) is 31.1. The van der Waals surface area contributed by atoms with Crippen molar-refractivity contribution in [3.05, 3.63) is 71.3 Å². The van der Waals surface area contributed by atoms with Crippen LogP contribution < -0.4 is 0 Å². The number of halogens is 2. The number of benzene rings is 2. The van der Waals surface area contributed by atoms with Crippen LogP contribution in [-0.2, 0) is 9.47 Å². The summed E-state index contributed by atoms with van der Waals surface area (Å²) in [6, 6.07) is 16.6. The van der Waals surface area contributed by atoms with Crippen molar-refractivity contribution in [1.29, 1.82) is 21.2 Å². The van der Waals surface area contributed by atoms with Crippen molar-refractivity contribution in [2.75, 3.05) is 0 Å². The molecule has 30 heavy (non-hydrogen) atoms. The molecule has 2 bridgehead atoms. The Balaban J connectivity index is 2.07. The number of fused-ring (bicyclic) bond motifs is 2. The smallest absolute Gasteiger partial charge is 0.218 e. The Labute approximate surface area is 171 Å². The lowest BCUT2D eigenvalue weighted by Gasteiger charge is -2.48. The van der Waals surface area contributed by atoms with Crippen LogP contribution in [0.2, 0.25) is 0 Å². The van der Waals surface area contributed by atoms with Gasteiger partial charge in [-0.15, -0.1) is 0 Å². The Hall–Kier alpha value is -3.80. The second-order valence-electron chi connectivity index (χ2n) is 7.41. The van der Waals surface area contributed by atoms with Crippen molar-refractivity contribution in [3.63, 3.8) is 0 Å². The average Bonchev–Trinajstić information content (AvgIpc) is 2.93. The summed E-state index contributed by atoms with van der Waals surface area (Å²) >= 11 is 0. The average molecular weight is 404 g/mol. The number of hydrogen-bond donors (Lipinski definition) is 1. The summed E-state index contributed by atoms with van der Waals surface area (Å²) in [6.07, 6.45) is -1.67. The zero-order valence-electron chi connectivity index (χ0n) is 15.7. The molecule has 2 aliphatic rings. The lowest BCUT2D eigenvalue weighted by molar-refractivity contribution is -0.254. The van der Waals surface area contributed by atoms with Gasteiger partial charge in [-0.3, -0.25) is 5.41 Å². The molecule has 0 saturated carbocycles. The standard InChI is InChI=1S/C22H14F2N4O2/c1-20-17(13-5-3-2-4-6-13)22(12-27,19(28)30-20)21(10-25,11-26)18(29-20)15-9-14(23)7-8-16(15)24/h2-9,17-18,28H,1H3. The molecule has 1 N–H and O–H groups in total. The van der Waals surface area contributed by atoms with Gasteiger partial charge >= 0.3 is 0 Å². The number of nitrogens with one attached hydrogen (secondary N) is 1. The molecule has 148 valence electrons. The fourth-order valence-electron chi connectivity index (χ4n) is 4.63. The van der Waals surface area contributed by atoms with Gasteiger partial charge in [0.15, 0.2) is 5.41 Å². The molecule has 0 aromatic heterocycles. The van der Waals surface area contributed by atoms with E-state index in [-0.39, 0.29) is 0 Å². The van der Waals surface area contributed by atoms with Crippen LogP contribution in [-0.4, -0.2) is 11.7 Å². The van der Waals surface area contributed by atoms with Crippen molar-refractivity contribution < 1.29 is 18.3 Å². The van der Waals surface area contributed by atoms with Gasteiger partial charge in [0.1, 0.15) is 17.7 Å². The van der Waals surface area contributed by atoms with E-state index < -0.39 is 51.7 Å². The van der Waals surface area contributed by atoms with E-state index in [4.69, 9.17) is 14.9 Å². The van der Waals surface area contributed by atoms with Crippen LogP contribution in [0.4, 0.5) is 8.78 Å². The van der Waals surface area contributed by atoms with Gasteiger partial charge in [-0.1, -0.05) is 30.3 Å². The monoisotopic (exact) mass is 404 g/mol. The molecule has 2 aromatic rings. The zero-order valence-corrected chi connectivity index (χ0v) is 15.7. The quantitative estimate of drug-likeness (QED) is 0.810. The van der Waals surface area contributed by atoms with Gasteiger partial charge in [-0.2, -0.15) is 15.8 Å². The highest BCUT2D eigenvalue weighted by atomic mass is 19.1. The Bertz CT molecular complexity index is 1170. The van der Waals surface area contributed by atoms with E-state index in [9.17, 15) is 24.6 Å². The molecule has 6 nitrogen and oxygen atoms in total. The summed E-state index contributed by atoms with van der Waals surface area (Å²) in [5.41, 5.74) is -4.39. The predicted octanol–water partition coefficient (Wildman–Crippen LogP) is 4.09.